The molecule has 0 fully saturated rings. The normalized spacial score (nSPS) is 18.8. The van der Waals surface area contributed by atoms with E-state index in [1.165, 1.54) is 0 Å². The lowest BCUT2D eigenvalue weighted by atomic mass is 9.77. The lowest BCUT2D eigenvalue weighted by Crippen LogP contribution is -2.50. The number of fused-ring (bicyclic) bond motifs is 2. The van der Waals surface area contributed by atoms with Crippen LogP contribution >= 0.6 is 0 Å². The lowest BCUT2D eigenvalue weighted by molar-refractivity contribution is -0.103. The van der Waals surface area contributed by atoms with Gasteiger partial charge in [0.15, 0.2) is 18.3 Å². The molecule has 8 rings (SSSR count). The van der Waals surface area contributed by atoms with Gasteiger partial charge >= 0.3 is 17.9 Å². The summed E-state index contributed by atoms with van der Waals surface area (Å²) in [4.78, 5) is 41.0. The van der Waals surface area contributed by atoms with Gasteiger partial charge in [0, 0.05) is 5.56 Å². The van der Waals surface area contributed by atoms with E-state index >= 15 is 0 Å². The first-order valence-corrected chi connectivity index (χ1v) is 15.7. The second-order valence-corrected chi connectivity index (χ2v) is 11.9. The number of hydrogen-bond donors (Lipinski definition) is 1. The predicted molar refractivity (Wildman–Crippen MR) is 183 cm³/mol. The Morgan fingerprint density at radius 2 is 0.958 bits per heavy atom. The Balaban J connectivity index is 1.34. The maximum Gasteiger partial charge on any atom is 0.338 e. The maximum atomic E-state index is 13.7. The number of hydrogen-bond acceptors (Lipinski definition) is 7. The third-order valence-electron chi connectivity index (χ3n) is 9.09. The average molecular weight is 632 g/mol. The number of carbonyl (C=O) groups excluding carboxylic acids is 3. The van der Waals surface area contributed by atoms with Crippen LogP contribution in [-0.2, 0) is 14.2 Å². The van der Waals surface area contributed by atoms with E-state index in [0.29, 0.717) is 22.3 Å². The van der Waals surface area contributed by atoms with Crippen molar-refractivity contribution >= 4 is 50.2 Å². The Morgan fingerprint density at radius 1 is 0.479 bits per heavy atom. The number of carbonyl (C=O) groups is 3. The fraction of sp³-hybridized carbons (Fsp3) is 0.0976. The van der Waals surface area contributed by atoms with Crippen molar-refractivity contribution in [3.05, 3.63) is 167 Å². The molecule has 1 aliphatic carbocycles. The number of esters is 3. The zero-order valence-electron chi connectivity index (χ0n) is 25.6. The summed E-state index contributed by atoms with van der Waals surface area (Å²) in [6, 6.07) is 40.9. The molecule has 7 nitrogen and oxygen atoms in total. The summed E-state index contributed by atoms with van der Waals surface area (Å²) < 4.78 is 18.6. The second kappa shape index (κ2) is 12.0. The van der Waals surface area contributed by atoms with Crippen LogP contribution in [0.4, 0.5) is 0 Å². The highest BCUT2D eigenvalue weighted by atomic mass is 16.6. The molecule has 0 aliphatic heterocycles. The molecule has 48 heavy (non-hydrogen) atoms. The largest absolute Gasteiger partial charge is 0.453 e. The van der Waals surface area contributed by atoms with Crippen LogP contribution in [0.3, 0.4) is 0 Å². The third-order valence-corrected chi connectivity index (χ3v) is 9.09. The molecule has 0 spiro atoms. The summed E-state index contributed by atoms with van der Waals surface area (Å²) in [5.41, 5.74) is 9.26. The van der Waals surface area contributed by atoms with Crippen molar-refractivity contribution in [3.8, 4) is 0 Å². The summed E-state index contributed by atoms with van der Waals surface area (Å²) >= 11 is 0. The van der Waals surface area contributed by atoms with Crippen molar-refractivity contribution in [3.63, 3.8) is 0 Å². The van der Waals surface area contributed by atoms with Crippen LogP contribution < -0.4 is 5.73 Å². The van der Waals surface area contributed by atoms with Crippen molar-refractivity contribution in [2.75, 3.05) is 0 Å². The molecule has 0 aromatic heterocycles. The van der Waals surface area contributed by atoms with Gasteiger partial charge in [0.2, 0.25) is 0 Å². The van der Waals surface area contributed by atoms with Crippen molar-refractivity contribution in [1.29, 1.82) is 0 Å². The summed E-state index contributed by atoms with van der Waals surface area (Å²) in [5, 5.41) is 5.98. The average Bonchev–Trinajstić information content (AvgIpc) is 3.14. The number of nitrogens with two attached hydrogens (primary N) is 1. The number of benzene rings is 7. The minimum atomic E-state index is -1.28. The summed E-state index contributed by atoms with van der Waals surface area (Å²) in [6.07, 6.45) is -3.67. The Hall–Kier alpha value is -6.05. The molecule has 4 atom stereocenters. The van der Waals surface area contributed by atoms with Crippen LogP contribution in [-0.4, -0.2) is 30.1 Å². The SMILES string of the molecule is N[C@H]1c2c(cc3ccc4cccc5ccc2c3c45)[C@@H](OC(=O)c2ccccc2)[C@H](OC(=O)c2ccccc2)[C@@H]1OC(=O)c1ccccc1. The van der Waals surface area contributed by atoms with E-state index in [2.05, 4.69) is 18.2 Å². The Labute approximate surface area is 275 Å². The van der Waals surface area contributed by atoms with Gasteiger partial charge in [0.05, 0.1) is 22.7 Å². The molecule has 0 bridgehead atoms. The van der Waals surface area contributed by atoms with Crippen LogP contribution in [0.25, 0.3) is 32.3 Å². The van der Waals surface area contributed by atoms with Crippen molar-refractivity contribution in [1.82, 2.24) is 0 Å². The van der Waals surface area contributed by atoms with Gasteiger partial charge in [-0.25, -0.2) is 14.4 Å². The first-order chi connectivity index (χ1) is 23.5. The molecule has 7 heteroatoms. The van der Waals surface area contributed by atoms with Gasteiger partial charge in [-0.1, -0.05) is 97.1 Å². The third kappa shape index (κ3) is 5.01. The fourth-order valence-corrected chi connectivity index (χ4v) is 6.87. The van der Waals surface area contributed by atoms with Crippen LogP contribution in [0, 0.1) is 0 Å². The van der Waals surface area contributed by atoms with Gasteiger partial charge in [-0.2, -0.15) is 0 Å². The Kier molecular flexibility index (Phi) is 7.31. The van der Waals surface area contributed by atoms with Gasteiger partial charge in [0.1, 0.15) is 0 Å². The number of ether oxygens (including phenoxy) is 3. The molecule has 234 valence electrons. The molecule has 0 saturated heterocycles. The Morgan fingerprint density at radius 3 is 1.52 bits per heavy atom. The van der Waals surface area contributed by atoms with Crippen LogP contribution in [0.5, 0.6) is 0 Å². The molecule has 0 radical (unpaired) electrons. The summed E-state index contributed by atoms with van der Waals surface area (Å²) in [7, 11) is 0. The first-order valence-electron chi connectivity index (χ1n) is 15.7. The van der Waals surface area contributed by atoms with E-state index < -0.39 is 42.3 Å². The Bertz CT molecular complexity index is 2290. The van der Waals surface area contributed by atoms with E-state index in [-0.39, 0.29) is 5.56 Å². The molecule has 1 aliphatic rings. The monoisotopic (exact) mass is 631 g/mol. The van der Waals surface area contributed by atoms with Crippen molar-refractivity contribution < 1.29 is 28.6 Å². The smallest absolute Gasteiger partial charge is 0.338 e. The van der Waals surface area contributed by atoms with E-state index in [4.69, 9.17) is 19.9 Å². The maximum absolute atomic E-state index is 13.7. The van der Waals surface area contributed by atoms with E-state index in [1.807, 2.05) is 30.3 Å². The zero-order chi connectivity index (χ0) is 32.8. The molecule has 7 aromatic rings. The number of rotatable bonds is 6. The molecule has 0 unspecified atom stereocenters. The highest BCUT2D eigenvalue weighted by molar-refractivity contribution is 6.24. The van der Waals surface area contributed by atoms with E-state index in [9.17, 15) is 14.4 Å². The molecule has 7 aromatic carbocycles. The standard InChI is InChI=1S/C41H29NO6/c42-35-34-30-22-21-25-18-10-17-24-19-20-29(33(30)32(24)25)23-31(34)36(46-39(43)26-11-4-1-5-12-26)38(48-41(45)28-15-8-3-9-16-28)37(35)47-40(44)27-13-6-2-7-14-27/h1-23,35-38H,42H2/t35-,36+,37+,38-/m0/s1. The topological polar surface area (TPSA) is 105 Å². The van der Waals surface area contributed by atoms with Crippen LogP contribution in [0.2, 0.25) is 0 Å². The fourth-order valence-electron chi connectivity index (χ4n) is 6.87. The van der Waals surface area contributed by atoms with E-state index in [1.54, 1.807) is 91.0 Å². The van der Waals surface area contributed by atoms with E-state index in [0.717, 1.165) is 32.3 Å². The quantitative estimate of drug-likeness (QED) is 0.113. The van der Waals surface area contributed by atoms with Gasteiger partial charge in [-0.15, -0.1) is 0 Å². The van der Waals surface area contributed by atoms with Gasteiger partial charge < -0.3 is 19.9 Å². The molecular weight excluding hydrogens is 602 g/mol. The molecule has 0 amide bonds. The minimum Gasteiger partial charge on any atom is -0.453 e. The summed E-state index contributed by atoms with van der Waals surface area (Å²) in [6.45, 7) is 0. The first kappa shape index (κ1) is 29.4. The highest BCUT2D eigenvalue weighted by Gasteiger charge is 2.49. The van der Waals surface area contributed by atoms with Crippen LogP contribution in [0.1, 0.15) is 54.3 Å². The predicted octanol–water partition coefficient (Wildman–Crippen LogP) is 7.95. The highest BCUT2D eigenvalue weighted by Crippen LogP contribution is 2.48. The molecule has 0 saturated carbocycles. The summed E-state index contributed by atoms with van der Waals surface area (Å²) in [5.74, 6) is -1.94. The minimum absolute atomic E-state index is 0.286. The van der Waals surface area contributed by atoms with Crippen molar-refractivity contribution in [2.45, 2.75) is 24.4 Å². The van der Waals surface area contributed by atoms with Crippen LogP contribution in [0.15, 0.2) is 140 Å². The van der Waals surface area contributed by atoms with Gasteiger partial charge in [0.25, 0.3) is 0 Å². The molecule has 2 N–H and O–H groups in total. The molecular formula is C41H29NO6. The van der Waals surface area contributed by atoms with Crippen molar-refractivity contribution in [2.24, 2.45) is 5.73 Å². The second-order valence-electron chi connectivity index (χ2n) is 11.9. The van der Waals surface area contributed by atoms with Gasteiger partial charge in [-0.05, 0) is 80.3 Å². The lowest BCUT2D eigenvalue weighted by Gasteiger charge is -2.41. The molecule has 0 heterocycles. The zero-order valence-corrected chi connectivity index (χ0v) is 25.6. The van der Waals surface area contributed by atoms with Gasteiger partial charge in [-0.3, -0.25) is 0 Å².